The minimum absolute atomic E-state index is 0.205. The Balaban J connectivity index is 1.83. The monoisotopic (exact) mass is 272 g/mol. The number of benzene rings is 1. The van der Waals surface area contributed by atoms with Gasteiger partial charge in [0.15, 0.2) is 0 Å². The van der Waals surface area contributed by atoms with Crippen LogP contribution in [0.4, 0.5) is 10.5 Å². The molecule has 2 aliphatic heterocycles. The first-order chi connectivity index (χ1) is 9.66. The van der Waals surface area contributed by atoms with Crippen molar-refractivity contribution in [1.29, 1.82) is 0 Å². The lowest BCUT2D eigenvalue weighted by molar-refractivity contribution is 0.177. The van der Waals surface area contributed by atoms with E-state index in [-0.39, 0.29) is 6.03 Å². The van der Waals surface area contributed by atoms with Crippen LogP contribution in [0.3, 0.4) is 0 Å². The molecule has 2 aliphatic rings. The molecule has 1 fully saturated rings. The number of anilines is 1. The van der Waals surface area contributed by atoms with Gasteiger partial charge in [0.05, 0.1) is 0 Å². The predicted octanol–water partition coefficient (Wildman–Crippen LogP) is 3.68. The van der Waals surface area contributed by atoms with E-state index in [0.717, 1.165) is 50.4 Å². The van der Waals surface area contributed by atoms with E-state index < -0.39 is 0 Å². The second-order valence-corrected chi connectivity index (χ2v) is 6.34. The molecule has 1 atom stereocenters. The van der Waals surface area contributed by atoms with Gasteiger partial charge in [-0.25, -0.2) is 4.79 Å². The summed E-state index contributed by atoms with van der Waals surface area (Å²) < 4.78 is 0. The van der Waals surface area contributed by atoms with Gasteiger partial charge in [-0.1, -0.05) is 25.1 Å². The van der Waals surface area contributed by atoms with Gasteiger partial charge in [0, 0.05) is 24.8 Å². The zero-order chi connectivity index (χ0) is 14.1. The van der Waals surface area contributed by atoms with Gasteiger partial charge in [-0.05, 0) is 50.2 Å². The van der Waals surface area contributed by atoms with Crippen LogP contribution in [0, 0.1) is 5.92 Å². The van der Waals surface area contributed by atoms with Crippen LogP contribution in [0.2, 0.25) is 0 Å². The standard InChI is InChI=1S/C17H24N2O/c1-13-9-11-18(12-10-13)17(20)19-14(2)7-8-15-5-3-4-6-16(15)19/h3-6,13-14H,7-12H2,1-2H3. The maximum atomic E-state index is 12.9. The van der Waals surface area contributed by atoms with Crippen molar-refractivity contribution < 1.29 is 4.79 Å². The molecule has 3 nitrogen and oxygen atoms in total. The van der Waals surface area contributed by atoms with Crippen LogP contribution in [-0.2, 0) is 6.42 Å². The lowest BCUT2D eigenvalue weighted by atomic mass is 9.96. The molecule has 1 aromatic rings. The number of hydrogen-bond acceptors (Lipinski definition) is 1. The number of aryl methyl sites for hydroxylation is 1. The number of fused-ring (bicyclic) bond motifs is 1. The Labute approximate surface area is 121 Å². The number of hydrogen-bond donors (Lipinski definition) is 0. The van der Waals surface area contributed by atoms with E-state index in [4.69, 9.17) is 0 Å². The van der Waals surface area contributed by atoms with Crippen LogP contribution < -0.4 is 4.90 Å². The van der Waals surface area contributed by atoms with Crippen molar-refractivity contribution in [3.8, 4) is 0 Å². The third kappa shape index (κ3) is 2.41. The third-order valence-corrected chi connectivity index (χ3v) is 4.78. The molecule has 3 rings (SSSR count). The molecule has 20 heavy (non-hydrogen) atoms. The summed E-state index contributed by atoms with van der Waals surface area (Å²) in [7, 11) is 0. The fraction of sp³-hybridized carbons (Fsp3) is 0.588. The number of carbonyl (C=O) groups is 1. The fourth-order valence-corrected chi connectivity index (χ4v) is 3.33. The van der Waals surface area contributed by atoms with Crippen LogP contribution in [0.5, 0.6) is 0 Å². The maximum Gasteiger partial charge on any atom is 0.324 e. The van der Waals surface area contributed by atoms with Crippen molar-refractivity contribution in [1.82, 2.24) is 4.90 Å². The highest BCUT2D eigenvalue weighted by Crippen LogP contribution is 2.32. The summed E-state index contributed by atoms with van der Waals surface area (Å²) in [6.07, 6.45) is 4.41. The third-order valence-electron chi connectivity index (χ3n) is 4.78. The number of likely N-dealkylation sites (tertiary alicyclic amines) is 1. The molecule has 2 amide bonds. The summed E-state index contributed by atoms with van der Waals surface area (Å²) in [6.45, 7) is 6.26. The molecule has 1 saturated heterocycles. The number of rotatable bonds is 0. The van der Waals surface area contributed by atoms with Crippen molar-refractivity contribution in [3.05, 3.63) is 29.8 Å². The summed E-state index contributed by atoms with van der Waals surface area (Å²) in [4.78, 5) is 16.9. The van der Waals surface area contributed by atoms with Gasteiger partial charge in [-0.2, -0.15) is 0 Å². The Bertz CT molecular complexity index is 492. The summed E-state index contributed by atoms with van der Waals surface area (Å²) in [5.74, 6) is 0.755. The van der Waals surface area contributed by atoms with Crippen LogP contribution >= 0.6 is 0 Å². The van der Waals surface area contributed by atoms with Gasteiger partial charge in [-0.15, -0.1) is 0 Å². The number of para-hydroxylation sites is 1. The van der Waals surface area contributed by atoms with Gasteiger partial charge >= 0.3 is 6.03 Å². The second-order valence-electron chi connectivity index (χ2n) is 6.34. The lowest BCUT2D eigenvalue weighted by Crippen LogP contribution is -2.51. The van der Waals surface area contributed by atoms with E-state index in [0.29, 0.717) is 6.04 Å². The van der Waals surface area contributed by atoms with E-state index in [1.165, 1.54) is 5.56 Å². The molecule has 0 saturated carbocycles. The number of urea groups is 1. The Morgan fingerprint density at radius 1 is 1.10 bits per heavy atom. The highest BCUT2D eigenvalue weighted by Gasteiger charge is 2.32. The van der Waals surface area contributed by atoms with Crippen molar-refractivity contribution in [2.75, 3.05) is 18.0 Å². The normalized spacial score (nSPS) is 23.6. The smallest absolute Gasteiger partial charge is 0.324 e. The first-order valence-electron chi connectivity index (χ1n) is 7.83. The predicted molar refractivity (Wildman–Crippen MR) is 82.1 cm³/mol. The Hall–Kier alpha value is -1.51. The van der Waals surface area contributed by atoms with Gasteiger partial charge in [-0.3, -0.25) is 4.90 Å². The second kappa shape index (κ2) is 5.47. The maximum absolute atomic E-state index is 12.9. The summed E-state index contributed by atoms with van der Waals surface area (Å²) >= 11 is 0. The van der Waals surface area contributed by atoms with Crippen molar-refractivity contribution in [2.45, 2.75) is 45.6 Å². The molecule has 1 aromatic carbocycles. The minimum atomic E-state index is 0.205. The molecule has 1 unspecified atom stereocenters. The minimum Gasteiger partial charge on any atom is -0.324 e. The number of amides is 2. The van der Waals surface area contributed by atoms with Gasteiger partial charge < -0.3 is 4.90 Å². The van der Waals surface area contributed by atoms with E-state index in [1.807, 2.05) is 15.9 Å². The van der Waals surface area contributed by atoms with Crippen molar-refractivity contribution >= 4 is 11.7 Å². The molecular formula is C17H24N2O. The highest BCUT2D eigenvalue weighted by atomic mass is 16.2. The van der Waals surface area contributed by atoms with Gasteiger partial charge in [0.2, 0.25) is 0 Å². The molecule has 2 heterocycles. The average molecular weight is 272 g/mol. The topological polar surface area (TPSA) is 23.6 Å². The molecule has 108 valence electrons. The zero-order valence-electron chi connectivity index (χ0n) is 12.5. The number of piperidine rings is 1. The molecule has 3 heteroatoms. The first kappa shape index (κ1) is 13.5. The van der Waals surface area contributed by atoms with Crippen LogP contribution in [0.1, 0.15) is 38.7 Å². The van der Waals surface area contributed by atoms with Gasteiger partial charge in [0.1, 0.15) is 0 Å². The Morgan fingerprint density at radius 3 is 2.55 bits per heavy atom. The highest BCUT2D eigenvalue weighted by molar-refractivity contribution is 5.94. The molecular weight excluding hydrogens is 248 g/mol. The molecule has 0 N–H and O–H groups in total. The van der Waals surface area contributed by atoms with E-state index in [9.17, 15) is 4.79 Å². The Kier molecular flexibility index (Phi) is 3.68. The van der Waals surface area contributed by atoms with Crippen LogP contribution in [0.25, 0.3) is 0 Å². The fourth-order valence-electron chi connectivity index (χ4n) is 3.33. The van der Waals surface area contributed by atoms with Gasteiger partial charge in [0.25, 0.3) is 0 Å². The average Bonchev–Trinajstić information content (AvgIpc) is 2.47. The summed E-state index contributed by atoms with van der Waals surface area (Å²) in [5.41, 5.74) is 2.43. The molecule has 0 radical (unpaired) electrons. The van der Waals surface area contributed by atoms with E-state index >= 15 is 0 Å². The van der Waals surface area contributed by atoms with E-state index in [2.05, 4.69) is 32.0 Å². The lowest BCUT2D eigenvalue weighted by Gasteiger charge is -2.40. The summed E-state index contributed by atoms with van der Waals surface area (Å²) in [6, 6.07) is 8.86. The number of carbonyl (C=O) groups excluding carboxylic acids is 1. The van der Waals surface area contributed by atoms with Crippen LogP contribution in [-0.4, -0.2) is 30.1 Å². The zero-order valence-corrected chi connectivity index (χ0v) is 12.5. The molecule has 0 aromatic heterocycles. The SMILES string of the molecule is CC1CCN(C(=O)N2c3ccccc3CCC2C)CC1. The van der Waals surface area contributed by atoms with Crippen molar-refractivity contribution in [3.63, 3.8) is 0 Å². The molecule has 0 aliphatic carbocycles. The quantitative estimate of drug-likeness (QED) is 0.706. The summed E-state index contributed by atoms with van der Waals surface area (Å²) in [5, 5.41) is 0. The molecule has 0 bridgehead atoms. The number of nitrogens with zero attached hydrogens (tertiary/aromatic N) is 2. The van der Waals surface area contributed by atoms with Crippen molar-refractivity contribution in [2.24, 2.45) is 5.92 Å². The first-order valence-corrected chi connectivity index (χ1v) is 7.83. The van der Waals surface area contributed by atoms with E-state index in [1.54, 1.807) is 0 Å². The van der Waals surface area contributed by atoms with Crippen LogP contribution in [0.15, 0.2) is 24.3 Å². The Morgan fingerprint density at radius 2 is 1.80 bits per heavy atom. The molecule has 0 spiro atoms. The largest absolute Gasteiger partial charge is 0.324 e.